The summed E-state index contributed by atoms with van der Waals surface area (Å²) >= 11 is 0. The lowest BCUT2D eigenvalue weighted by Crippen LogP contribution is -2.20. The normalized spacial score (nSPS) is 15.1. The molecule has 0 aromatic heterocycles. The maximum atomic E-state index is 12.0. The molecule has 0 radical (unpaired) electrons. The fraction of sp³-hybridized carbons (Fsp3) is 0.526. The van der Waals surface area contributed by atoms with Crippen LogP contribution in [0.2, 0.25) is 0 Å². The first-order valence-electron chi connectivity index (χ1n) is 8.43. The summed E-state index contributed by atoms with van der Waals surface area (Å²) in [6, 6.07) is 9.24. The number of ketones is 2. The molecule has 0 saturated heterocycles. The summed E-state index contributed by atoms with van der Waals surface area (Å²) in [5.74, 6) is -0.935. The van der Waals surface area contributed by atoms with Crippen LogP contribution in [0, 0.1) is 5.92 Å². The molecule has 0 amide bonds. The average Bonchev–Trinajstić information content (AvgIpc) is 2.61. The van der Waals surface area contributed by atoms with Crippen LogP contribution in [0.5, 0.6) is 0 Å². The molecule has 0 bridgehead atoms. The van der Waals surface area contributed by atoms with E-state index in [1.165, 1.54) is 6.42 Å². The Labute approximate surface area is 137 Å². The lowest BCUT2D eigenvalue weighted by atomic mass is 9.84. The smallest absolute Gasteiger partial charge is 0.374 e. The van der Waals surface area contributed by atoms with E-state index in [2.05, 4.69) is 0 Å². The van der Waals surface area contributed by atoms with Crippen molar-refractivity contribution in [3.8, 4) is 0 Å². The summed E-state index contributed by atoms with van der Waals surface area (Å²) in [6.45, 7) is 0.104. The number of benzene rings is 1. The highest BCUT2D eigenvalue weighted by Crippen LogP contribution is 2.25. The molecule has 1 aliphatic carbocycles. The molecule has 1 fully saturated rings. The van der Waals surface area contributed by atoms with Crippen molar-refractivity contribution in [2.24, 2.45) is 5.92 Å². The number of carbonyl (C=O) groups is 3. The van der Waals surface area contributed by atoms with Crippen LogP contribution in [0.4, 0.5) is 0 Å². The van der Waals surface area contributed by atoms with Crippen molar-refractivity contribution < 1.29 is 19.1 Å². The molecule has 23 heavy (non-hydrogen) atoms. The second kappa shape index (κ2) is 9.23. The number of hydrogen-bond donors (Lipinski definition) is 0. The van der Waals surface area contributed by atoms with Crippen LogP contribution < -0.4 is 0 Å². The Kier molecular flexibility index (Phi) is 6.98. The van der Waals surface area contributed by atoms with Crippen LogP contribution in [-0.2, 0) is 25.7 Å². The van der Waals surface area contributed by atoms with Gasteiger partial charge in [-0.05, 0) is 24.8 Å². The molecule has 0 atom stereocenters. The molecule has 0 unspecified atom stereocenters. The van der Waals surface area contributed by atoms with Crippen LogP contribution in [-0.4, -0.2) is 17.5 Å². The highest BCUT2D eigenvalue weighted by atomic mass is 16.5. The van der Waals surface area contributed by atoms with Crippen molar-refractivity contribution in [3.05, 3.63) is 35.9 Å². The van der Waals surface area contributed by atoms with E-state index >= 15 is 0 Å². The molecule has 0 spiro atoms. The maximum absolute atomic E-state index is 12.0. The Morgan fingerprint density at radius 1 is 0.957 bits per heavy atom. The first-order chi connectivity index (χ1) is 11.2. The molecule has 1 saturated carbocycles. The maximum Gasteiger partial charge on any atom is 0.374 e. The van der Waals surface area contributed by atoms with Gasteiger partial charge in [-0.2, -0.15) is 0 Å². The Bertz CT molecular complexity index is 530. The quantitative estimate of drug-likeness (QED) is 0.543. The van der Waals surface area contributed by atoms with Crippen LogP contribution in [0.1, 0.15) is 56.9 Å². The van der Waals surface area contributed by atoms with Gasteiger partial charge in [-0.15, -0.1) is 0 Å². The minimum Gasteiger partial charge on any atom is -0.455 e. The fourth-order valence-corrected chi connectivity index (χ4v) is 2.96. The largest absolute Gasteiger partial charge is 0.455 e. The Morgan fingerprint density at radius 2 is 1.65 bits per heavy atom. The molecule has 0 N–H and O–H groups in total. The lowest BCUT2D eigenvalue weighted by Gasteiger charge is -2.19. The molecule has 124 valence electrons. The number of rotatable bonds is 8. The summed E-state index contributed by atoms with van der Waals surface area (Å²) < 4.78 is 4.99. The molecular weight excluding hydrogens is 292 g/mol. The van der Waals surface area contributed by atoms with Crippen LogP contribution in [0.15, 0.2) is 30.3 Å². The van der Waals surface area contributed by atoms with Crippen LogP contribution in [0.3, 0.4) is 0 Å². The zero-order valence-electron chi connectivity index (χ0n) is 13.5. The second-order valence-electron chi connectivity index (χ2n) is 6.14. The van der Waals surface area contributed by atoms with Crippen molar-refractivity contribution in [1.29, 1.82) is 0 Å². The number of hydrogen-bond acceptors (Lipinski definition) is 4. The SMILES string of the molecule is O=C(CCCC(=O)C1CCCCC1)C(=O)OCc1ccccc1. The van der Waals surface area contributed by atoms with Crippen molar-refractivity contribution >= 4 is 17.5 Å². The number of Topliss-reactive ketones (excluding diaryl/α,β-unsaturated/α-hetero) is 2. The molecule has 4 nitrogen and oxygen atoms in total. The molecule has 2 rings (SSSR count). The van der Waals surface area contributed by atoms with Crippen molar-refractivity contribution in [1.82, 2.24) is 0 Å². The van der Waals surface area contributed by atoms with Crippen LogP contribution >= 0.6 is 0 Å². The Morgan fingerprint density at radius 3 is 2.35 bits per heavy atom. The molecule has 0 heterocycles. The summed E-state index contributed by atoms with van der Waals surface area (Å²) in [5, 5.41) is 0. The third kappa shape index (κ3) is 5.97. The van der Waals surface area contributed by atoms with E-state index < -0.39 is 11.8 Å². The number of carbonyl (C=O) groups excluding carboxylic acids is 3. The lowest BCUT2D eigenvalue weighted by molar-refractivity contribution is -0.155. The molecule has 1 aliphatic rings. The molecular formula is C19H24O4. The van der Waals surface area contributed by atoms with Gasteiger partial charge < -0.3 is 4.74 Å². The topological polar surface area (TPSA) is 60.4 Å². The number of esters is 1. The highest BCUT2D eigenvalue weighted by Gasteiger charge is 2.21. The van der Waals surface area contributed by atoms with Crippen molar-refractivity contribution in [2.45, 2.75) is 58.0 Å². The predicted molar refractivity (Wildman–Crippen MR) is 86.7 cm³/mol. The van der Waals surface area contributed by atoms with E-state index in [9.17, 15) is 14.4 Å². The van der Waals surface area contributed by atoms with E-state index in [4.69, 9.17) is 4.74 Å². The van der Waals surface area contributed by atoms with Gasteiger partial charge >= 0.3 is 5.97 Å². The van der Waals surface area contributed by atoms with E-state index in [0.29, 0.717) is 12.8 Å². The Hall–Kier alpha value is -1.97. The zero-order chi connectivity index (χ0) is 16.5. The summed E-state index contributed by atoms with van der Waals surface area (Å²) in [4.78, 5) is 35.4. The average molecular weight is 316 g/mol. The summed E-state index contributed by atoms with van der Waals surface area (Å²) in [6.07, 6.45) is 6.35. The second-order valence-corrected chi connectivity index (χ2v) is 6.14. The van der Waals surface area contributed by atoms with Gasteiger partial charge in [0.15, 0.2) is 0 Å². The molecule has 0 aliphatic heterocycles. The predicted octanol–water partition coefficient (Wildman–Crippen LogP) is 3.62. The van der Waals surface area contributed by atoms with Crippen molar-refractivity contribution in [3.63, 3.8) is 0 Å². The monoisotopic (exact) mass is 316 g/mol. The van der Waals surface area contributed by atoms with Gasteiger partial charge in [0.2, 0.25) is 5.78 Å². The van der Waals surface area contributed by atoms with Gasteiger partial charge in [0.05, 0.1) is 0 Å². The third-order valence-electron chi connectivity index (χ3n) is 4.33. The first-order valence-corrected chi connectivity index (χ1v) is 8.43. The third-order valence-corrected chi connectivity index (χ3v) is 4.33. The molecule has 1 aromatic rings. The Balaban J connectivity index is 1.63. The highest BCUT2D eigenvalue weighted by molar-refractivity contribution is 6.33. The van der Waals surface area contributed by atoms with Gasteiger partial charge in [-0.25, -0.2) is 4.79 Å². The first kappa shape index (κ1) is 17.4. The minimum absolute atomic E-state index is 0.0894. The summed E-state index contributed by atoms with van der Waals surface area (Å²) in [5.41, 5.74) is 0.848. The van der Waals surface area contributed by atoms with Gasteiger partial charge in [0.1, 0.15) is 12.4 Å². The van der Waals surface area contributed by atoms with Gasteiger partial charge in [-0.1, -0.05) is 49.6 Å². The van der Waals surface area contributed by atoms with Crippen LogP contribution in [0.25, 0.3) is 0 Å². The van der Waals surface area contributed by atoms with Gasteiger partial charge in [-0.3, -0.25) is 9.59 Å². The summed E-state index contributed by atoms with van der Waals surface area (Å²) in [7, 11) is 0. The van der Waals surface area contributed by atoms with Crippen molar-refractivity contribution in [2.75, 3.05) is 0 Å². The standard InChI is InChI=1S/C19H24O4/c20-17(16-10-5-2-6-11-16)12-7-13-18(21)19(22)23-14-15-8-3-1-4-9-15/h1,3-4,8-9,16H,2,5-7,10-14H2. The van der Waals surface area contributed by atoms with E-state index in [0.717, 1.165) is 31.2 Å². The minimum atomic E-state index is -0.807. The molecule has 4 heteroatoms. The fourth-order valence-electron chi connectivity index (χ4n) is 2.96. The number of ether oxygens (including phenoxy) is 1. The van der Waals surface area contributed by atoms with Gasteiger partial charge in [0.25, 0.3) is 0 Å². The van der Waals surface area contributed by atoms with E-state index in [-0.39, 0.29) is 24.7 Å². The van der Waals surface area contributed by atoms with Gasteiger partial charge in [0, 0.05) is 18.8 Å². The van der Waals surface area contributed by atoms with E-state index in [1.54, 1.807) is 0 Å². The molecule has 1 aromatic carbocycles. The zero-order valence-corrected chi connectivity index (χ0v) is 13.5. The van der Waals surface area contributed by atoms with E-state index in [1.807, 2.05) is 30.3 Å².